The maximum Gasteiger partial charge on any atom is 0.234 e. The van der Waals surface area contributed by atoms with Crippen LogP contribution < -0.4 is 10.1 Å². The van der Waals surface area contributed by atoms with E-state index >= 15 is 0 Å². The lowest BCUT2D eigenvalue weighted by molar-refractivity contribution is -0.113. The van der Waals surface area contributed by atoms with Crippen molar-refractivity contribution in [1.82, 2.24) is 14.8 Å². The number of hydrogen-bond acceptors (Lipinski definition) is 6. The molecule has 2 aromatic carbocycles. The highest BCUT2D eigenvalue weighted by molar-refractivity contribution is 7.99. The first-order chi connectivity index (χ1) is 15.7. The fraction of sp³-hybridized carbons (Fsp3) is 0.333. The summed E-state index contributed by atoms with van der Waals surface area (Å²) < 4.78 is 8.02. The lowest BCUT2D eigenvalue weighted by Gasteiger charge is -2.18. The standard InChI is InChI=1S/C24H27ClN4O3S/c1-15(2)13-29-23(17(4)32-21-11-6-5-10-20(21)25)27-28-24(29)33-14-22(31)26-19-9-7-8-18(12-19)16(3)30/h5-12,15,17H,13-14H2,1-4H3,(H,26,31). The molecule has 0 aliphatic heterocycles. The van der Waals surface area contributed by atoms with E-state index in [1.165, 1.54) is 18.7 Å². The largest absolute Gasteiger partial charge is 0.481 e. The van der Waals surface area contributed by atoms with Gasteiger partial charge in [-0.3, -0.25) is 9.59 Å². The zero-order valence-electron chi connectivity index (χ0n) is 19.0. The van der Waals surface area contributed by atoms with Crippen molar-refractivity contribution in [2.45, 2.75) is 45.5 Å². The highest BCUT2D eigenvalue weighted by Gasteiger charge is 2.21. The third-order valence-corrected chi connectivity index (χ3v) is 5.96. The van der Waals surface area contributed by atoms with Crippen molar-refractivity contribution in [3.05, 3.63) is 64.9 Å². The molecule has 0 radical (unpaired) electrons. The third kappa shape index (κ3) is 6.82. The van der Waals surface area contributed by atoms with Crippen LogP contribution in [-0.2, 0) is 11.3 Å². The van der Waals surface area contributed by atoms with Gasteiger partial charge in [0.2, 0.25) is 5.91 Å². The van der Waals surface area contributed by atoms with E-state index in [9.17, 15) is 9.59 Å². The maximum atomic E-state index is 12.5. The summed E-state index contributed by atoms with van der Waals surface area (Å²) in [7, 11) is 0. The minimum atomic E-state index is -0.381. The quantitative estimate of drug-likeness (QED) is 0.294. The molecule has 1 heterocycles. The number of ketones is 1. The van der Waals surface area contributed by atoms with Crippen molar-refractivity contribution >= 4 is 40.7 Å². The summed E-state index contributed by atoms with van der Waals surface area (Å²) in [6.45, 7) is 8.28. The second-order valence-electron chi connectivity index (χ2n) is 8.01. The molecule has 0 saturated heterocycles. The van der Waals surface area contributed by atoms with Crippen LogP contribution >= 0.6 is 23.4 Å². The molecule has 0 bridgehead atoms. The zero-order valence-corrected chi connectivity index (χ0v) is 20.6. The fourth-order valence-electron chi connectivity index (χ4n) is 3.17. The molecule has 9 heteroatoms. The van der Waals surface area contributed by atoms with Crippen molar-refractivity contribution < 1.29 is 14.3 Å². The number of nitrogens with zero attached hydrogens (tertiary/aromatic N) is 3. The smallest absolute Gasteiger partial charge is 0.234 e. The number of thioether (sulfide) groups is 1. The maximum absolute atomic E-state index is 12.5. The molecule has 1 amide bonds. The van der Waals surface area contributed by atoms with Gasteiger partial charge in [0, 0.05) is 17.8 Å². The van der Waals surface area contributed by atoms with Gasteiger partial charge in [0.05, 0.1) is 10.8 Å². The number of para-hydroxylation sites is 1. The molecule has 1 atom stereocenters. The number of anilines is 1. The minimum absolute atomic E-state index is 0.0529. The lowest BCUT2D eigenvalue weighted by Crippen LogP contribution is -2.17. The number of hydrogen-bond donors (Lipinski definition) is 1. The Bertz CT molecular complexity index is 1130. The van der Waals surface area contributed by atoms with E-state index in [2.05, 4.69) is 29.4 Å². The van der Waals surface area contributed by atoms with Gasteiger partial charge in [0.25, 0.3) is 0 Å². The summed E-state index contributed by atoms with van der Waals surface area (Å²) in [5, 5.41) is 12.6. The molecule has 1 N–H and O–H groups in total. The zero-order chi connectivity index (χ0) is 24.0. The first-order valence-corrected chi connectivity index (χ1v) is 12.0. The van der Waals surface area contributed by atoms with Crippen LogP contribution in [0.25, 0.3) is 0 Å². The fourth-order valence-corrected chi connectivity index (χ4v) is 4.11. The number of carbonyl (C=O) groups is 2. The molecule has 1 unspecified atom stereocenters. The van der Waals surface area contributed by atoms with Crippen LogP contribution in [0.5, 0.6) is 5.75 Å². The van der Waals surface area contributed by atoms with Gasteiger partial charge < -0.3 is 14.6 Å². The van der Waals surface area contributed by atoms with E-state index in [1.54, 1.807) is 30.3 Å². The molecule has 0 aliphatic carbocycles. The average Bonchev–Trinajstić information content (AvgIpc) is 3.16. The van der Waals surface area contributed by atoms with Crippen LogP contribution in [0.4, 0.5) is 5.69 Å². The van der Waals surface area contributed by atoms with Crippen LogP contribution in [0.1, 0.15) is 50.0 Å². The Morgan fingerprint density at radius 3 is 2.58 bits per heavy atom. The molecule has 0 fully saturated rings. The second-order valence-corrected chi connectivity index (χ2v) is 9.36. The first-order valence-electron chi connectivity index (χ1n) is 10.6. The summed E-state index contributed by atoms with van der Waals surface area (Å²) >= 11 is 7.53. The molecule has 0 saturated carbocycles. The van der Waals surface area contributed by atoms with Gasteiger partial charge in [-0.2, -0.15) is 0 Å². The molecule has 174 valence electrons. The van der Waals surface area contributed by atoms with Crippen molar-refractivity contribution in [3.63, 3.8) is 0 Å². The van der Waals surface area contributed by atoms with Crippen molar-refractivity contribution in [2.75, 3.05) is 11.1 Å². The van der Waals surface area contributed by atoms with Gasteiger partial charge in [-0.05, 0) is 44.0 Å². The highest BCUT2D eigenvalue weighted by Crippen LogP contribution is 2.30. The summed E-state index contributed by atoms with van der Waals surface area (Å²) in [5.41, 5.74) is 1.13. The van der Waals surface area contributed by atoms with E-state index in [0.717, 1.165) is 0 Å². The normalized spacial score (nSPS) is 11.9. The topological polar surface area (TPSA) is 86.1 Å². The molecule has 7 nitrogen and oxygen atoms in total. The molecule has 0 aliphatic rings. The third-order valence-electron chi connectivity index (χ3n) is 4.68. The van der Waals surface area contributed by atoms with Crippen LogP contribution in [0.15, 0.2) is 53.7 Å². The molecular formula is C24H27ClN4O3S. The van der Waals surface area contributed by atoms with Crippen molar-refractivity contribution in [3.8, 4) is 5.75 Å². The van der Waals surface area contributed by atoms with Gasteiger partial charge in [0.1, 0.15) is 5.75 Å². The van der Waals surface area contributed by atoms with E-state index in [-0.39, 0.29) is 23.5 Å². The van der Waals surface area contributed by atoms with Gasteiger partial charge in [-0.1, -0.05) is 61.5 Å². The Hall–Kier alpha value is -2.84. The monoisotopic (exact) mass is 486 g/mol. The molecule has 3 aromatic rings. The van der Waals surface area contributed by atoms with Gasteiger partial charge in [-0.15, -0.1) is 10.2 Å². The summed E-state index contributed by atoms with van der Waals surface area (Å²) in [6.07, 6.45) is -0.381. The average molecular weight is 487 g/mol. The molecule has 1 aromatic heterocycles. The summed E-state index contributed by atoms with van der Waals surface area (Å²) in [4.78, 5) is 24.1. The highest BCUT2D eigenvalue weighted by atomic mass is 35.5. The predicted molar refractivity (Wildman–Crippen MR) is 131 cm³/mol. The SMILES string of the molecule is CC(=O)c1cccc(NC(=O)CSc2nnc(C(C)Oc3ccccc3Cl)n2CC(C)C)c1. The molecule has 0 spiro atoms. The number of benzene rings is 2. The Morgan fingerprint density at radius 2 is 1.88 bits per heavy atom. The number of rotatable bonds is 10. The predicted octanol–water partition coefficient (Wildman–Crippen LogP) is 5.66. The number of aromatic nitrogens is 3. The number of ether oxygens (including phenoxy) is 1. The van der Waals surface area contributed by atoms with E-state index < -0.39 is 0 Å². The van der Waals surface area contributed by atoms with Crippen LogP contribution in [0, 0.1) is 5.92 Å². The number of amides is 1. The number of halogens is 1. The van der Waals surface area contributed by atoms with E-state index in [4.69, 9.17) is 16.3 Å². The second kappa shape index (κ2) is 11.3. The lowest BCUT2D eigenvalue weighted by atomic mass is 10.1. The summed E-state index contributed by atoms with van der Waals surface area (Å²) in [6, 6.07) is 14.2. The summed E-state index contributed by atoms with van der Waals surface area (Å²) in [5.74, 6) is 1.49. The van der Waals surface area contributed by atoms with Crippen LogP contribution in [0.3, 0.4) is 0 Å². The van der Waals surface area contributed by atoms with E-state index in [1.807, 2.05) is 29.7 Å². The van der Waals surface area contributed by atoms with Gasteiger partial charge in [-0.25, -0.2) is 0 Å². The Morgan fingerprint density at radius 1 is 1.12 bits per heavy atom. The number of carbonyl (C=O) groups excluding carboxylic acids is 2. The Labute approximate surface area is 202 Å². The van der Waals surface area contributed by atoms with Crippen molar-refractivity contribution in [1.29, 1.82) is 0 Å². The first kappa shape index (κ1) is 24.8. The number of nitrogens with one attached hydrogen (secondary N) is 1. The molecule has 33 heavy (non-hydrogen) atoms. The molecular weight excluding hydrogens is 460 g/mol. The Kier molecular flexibility index (Phi) is 8.52. The van der Waals surface area contributed by atoms with Crippen LogP contribution in [0.2, 0.25) is 5.02 Å². The molecule has 3 rings (SSSR count). The number of Topliss-reactive ketones (excluding diaryl/α,β-unsaturated/α-hetero) is 1. The Balaban J connectivity index is 1.70. The van der Waals surface area contributed by atoms with Crippen molar-refractivity contribution in [2.24, 2.45) is 5.92 Å². The van der Waals surface area contributed by atoms with Gasteiger partial charge >= 0.3 is 0 Å². The van der Waals surface area contributed by atoms with Crippen LogP contribution in [-0.4, -0.2) is 32.2 Å². The minimum Gasteiger partial charge on any atom is -0.481 e. The van der Waals surface area contributed by atoms with E-state index in [0.29, 0.717) is 45.5 Å². The van der Waals surface area contributed by atoms with Gasteiger partial charge in [0.15, 0.2) is 22.9 Å².